The molecule has 0 bridgehead atoms. The number of nitrogens with zero attached hydrogens (tertiary/aromatic N) is 3. The molecule has 9 nitrogen and oxygen atoms in total. The van der Waals surface area contributed by atoms with E-state index in [0.29, 0.717) is 12.1 Å². The third kappa shape index (κ3) is 6.84. The molecule has 0 fully saturated rings. The molecule has 202 valence electrons. The smallest absolute Gasteiger partial charge is 0.325 e. The lowest BCUT2D eigenvalue weighted by molar-refractivity contribution is -0.120. The van der Waals surface area contributed by atoms with Crippen LogP contribution in [0.25, 0.3) is 10.9 Å². The minimum atomic E-state index is -4.32. The third-order valence-corrected chi connectivity index (χ3v) is 7.93. The summed E-state index contributed by atoms with van der Waals surface area (Å²) in [6.45, 7) is 0. The fourth-order valence-corrected chi connectivity index (χ4v) is 5.22. The van der Waals surface area contributed by atoms with E-state index < -0.39 is 28.2 Å². The first kappa shape index (κ1) is 27.9. The highest BCUT2D eigenvalue weighted by Crippen LogP contribution is 2.25. The number of fused-ring (bicyclic) bond motifs is 1. The largest absolute Gasteiger partial charge is 0.330 e. The molecule has 2 N–H and O–H groups in total. The Morgan fingerprint density at radius 3 is 2.41 bits per heavy atom. The van der Waals surface area contributed by atoms with Gasteiger partial charge in [-0.1, -0.05) is 60.1 Å². The molecule has 3 amide bonds. The number of rotatable bonds is 9. The van der Waals surface area contributed by atoms with E-state index in [1.54, 1.807) is 37.5 Å². The lowest BCUT2D eigenvalue weighted by Gasteiger charge is -2.26. The summed E-state index contributed by atoms with van der Waals surface area (Å²) in [5, 5.41) is 3.62. The van der Waals surface area contributed by atoms with Gasteiger partial charge in [0.15, 0.2) is 0 Å². The number of anilines is 2. The normalized spacial score (nSPS) is 12.0. The molecule has 1 heterocycles. The average Bonchev–Trinajstić information content (AvgIpc) is 2.94. The second-order valence-corrected chi connectivity index (χ2v) is 11.0. The van der Waals surface area contributed by atoms with Crippen LogP contribution in [-0.4, -0.2) is 45.5 Å². The van der Waals surface area contributed by atoms with Crippen molar-refractivity contribution in [3.05, 3.63) is 102 Å². The lowest BCUT2D eigenvalue weighted by atomic mass is 10.0. The van der Waals surface area contributed by atoms with Crippen LogP contribution in [0.3, 0.4) is 0 Å². The number of aryl methyl sites for hydroxylation is 1. The van der Waals surface area contributed by atoms with E-state index in [9.17, 15) is 18.0 Å². The molecule has 1 aromatic heterocycles. The number of amides is 3. The van der Waals surface area contributed by atoms with E-state index in [-0.39, 0.29) is 17.1 Å². The lowest BCUT2D eigenvalue weighted by Crippen LogP contribution is -2.53. The number of aromatic nitrogens is 1. The fraction of sp³-hybridized carbons (Fsp3) is 0.179. The Kier molecular flexibility index (Phi) is 8.68. The van der Waals surface area contributed by atoms with Crippen LogP contribution in [-0.2, 0) is 21.4 Å². The molecule has 11 heteroatoms. The summed E-state index contributed by atoms with van der Waals surface area (Å²) in [5.74, 6) is -0.402. The number of carbonyl (C=O) groups is 2. The van der Waals surface area contributed by atoms with Crippen molar-refractivity contribution in [3.63, 3.8) is 0 Å². The summed E-state index contributed by atoms with van der Waals surface area (Å²) in [5.41, 5.74) is 2.57. The quantitative estimate of drug-likeness (QED) is 0.310. The van der Waals surface area contributed by atoms with Crippen LogP contribution in [0, 0.1) is 0 Å². The number of nitrogens with one attached hydrogen (secondary N) is 2. The van der Waals surface area contributed by atoms with E-state index in [0.717, 1.165) is 20.8 Å². The maximum atomic E-state index is 13.6. The van der Waals surface area contributed by atoms with Crippen molar-refractivity contribution < 1.29 is 18.0 Å². The number of para-hydroxylation sites is 1. The minimum Gasteiger partial charge on any atom is -0.325 e. The van der Waals surface area contributed by atoms with Crippen LogP contribution < -0.4 is 19.2 Å². The van der Waals surface area contributed by atoms with Crippen LogP contribution >= 0.6 is 11.6 Å². The first-order valence-corrected chi connectivity index (χ1v) is 14.0. The Labute approximate surface area is 232 Å². The van der Waals surface area contributed by atoms with Crippen molar-refractivity contribution in [2.75, 3.05) is 23.3 Å². The Morgan fingerprint density at radius 1 is 0.949 bits per heavy atom. The van der Waals surface area contributed by atoms with Crippen LogP contribution in [0.2, 0.25) is 5.02 Å². The number of hydrogen-bond acceptors (Lipinski definition) is 5. The van der Waals surface area contributed by atoms with Gasteiger partial charge in [0, 0.05) is 31.4 Å². The number of hydrogen-bond donors (Lipinski definition) is 2. The van der Waals surface area contributed by atoms with Crippen molar-refractivity contribution in [2.24, 2.45) is 0 Å². The molecular formula is C28H28ClN5O4S. The van der Waals surface area contributed by atoms with Gasteiger partial charge >= 0.3 is 16.2 Å². The molecule has 0 unspecified atom stereocenters. The highest BCUT2D eigenvalue weighted by Gasteiger charge is 2.28. The molecule has 0 aliphatic heterocycles. The molecule has 1 atom stereocenters. The molecule has 3 aromatic carbocycles. The van der Waals surface area contributed by atoms with Crippen LogP contribution in [0.5, 0.6) is 0 Å². The zero-order valence-corrected chi connectivity index (χ0v) is 23.0. The topological polar surface area (TPSA) is 112 Å². The highest BCUT2D eigenvalue weighted by atomic mass is 35.5. The van der Waals surface area contributed by atoms with Gasteiger partial charge in [-0.3, -0.25) is 14.1 Å². The van der Waals surface area contributed by atoms with Crippen LogP contribution in [0.4, 0.5) is 16.2 Å². The predicted octanol–water partition coefficient (Wildman–Crippen LogP) is 4.53. The zero-order chi connectivity index (χ0) is 28.0. The predicted molar refractivity (Wildman–Crippen MR) is 154 cm³/mol. The highest BCUT2D eigenvalue weighted by molar-refractivity contribution is 7.91. The Bertz CT molecular complexity index is 1580. The summed E-state index contributed by atoms with van der Waals surface area (Å²) in [4.78, 5) is 32.2. The number of benzene rings is 3. The second-order valence-electron chi connectivity index (χ2n) is 8.85. The maximum absolute atomic E-state index is 13.6. The van der Waals surface area contributed by atoms with E-state index in [4.69, 9.17) is 11.6 Å². The molecule has 0 spiro atoms. The standard InChI is InChI=1S/C28H28ClN5O4S/c1-33(22-15-17-24-21(19-22)11-8-18-30-24)27(35)25(16-14-20-9-4-3-5-10-20)31-28(36)32-39(37,38)34(2)26-13-7-6-12-23(26)29/h3-13,15,17-19,25H,14,16H2,1-2H3,(H2,31,32,36)/t25-/m0/s1. The van der Waals surface area contributed by atoms with Gasteiger partial charge < -0.3 is 10.2 Å². The zero-order valence-electron chi connectivity index (χ0n) is 21.4. The summed E-state index contributed by atoms with van der Waals surface area (Å²) in [7, 11) is -1.43. The fourth-order valence-electron chi connectivity index (χ4n) is 4.06. The first-order valence-electron chi connectivity index (χ1n) is 12.1. The van der Waals surface area contributed by atoms with Crippen molar-refractivity contribution in [1.29, 1.82) is 0 Å². The summed E-state index contributed by atoms with van der Waals surface area (Å²) < 4.78 is 28.6. The molecule has 4 aromatic rings. The number of halogens is 1. The van der Waals surface area contributed by atoms with E-state index in [2.05, 4.69) is 10.3 Å². The Hall–Kier alpha value is -4.15. The maximum Gasteiger partial charge on any atom is 0.330 e. The van der Waals surface area contributed by atoms with Gasteiger partial charge in [0.05, 0.1) is 16.2 Å². The molecular weight excluding hydrogens is 538 g/mol. The second kappa shape index (κ2) is 12.1. The third-order valence-electron chi connectivity index (χ3n) is 6.25. The van der Waals surface area contributed by atoms with Gasteiger partial charge in [0.1, 0.15) is 6.04 Å². The van der Waals surface area contributed by atoms with Gasteiger partial charge in [-0.2, -0.15) is 8.42 Å². The summed E-state index contributed by atoms with van der Waals surface area (Å²) >= 11 is 6.13. The number of urea groups is 1. The first-order chi connectivity index (χ1) is 18.7. The van der Waals surface area contributed by atoms with E-state index >= 15 is 0 Å². The van der Waals surface area contributed by atoms with Gasteiger partial charge in [-0.05, 0) is 54.8 Å². The van der Waals surface area contributed by atoms with Gasteiger partial charge in [-0.15, -0.1) is 0 Å². The number of carbonyl (C=O) groups excluding carboxylic acids is 2. The van der Waals surface area contributed by atoms with Crippen LogP contribution in [0.15, 0.2) is 91.1 Å². The number of pyridine rings is 1. The molecule has 0 radical (unpaired) electrons. The van der Waals surface area contributed by atoms with Gasteiger partial charge in [0.2, 0.25) is 5.91 Å². The average molecular weight is 566 g/mol. The molecule has 0 saturated heterocycles. The van der Waals surface area contributed by atoms with Gasteiger partial charge in [-0.25, -0.2) is 9.52 Å². The summed E-state index contributed by atoms with van der Waals surface area (Å²) in [6, 6.07) is 22.9. The molecule has 39 heavy (non-hydrogen) atoms. The molecule has 0 aliphatic carbocycles. The SMILES string of the molecule is CN(C(=O)[C@H](CCc1ccccc1)NC(=O)NS(=O)(=O)N(C)c1ccccc1Cl)c1ccc2ncccc2c1. The van der Waals surface area contributed by atoms with Crippen molar-refractivity contribution in [2.45, 2.75) is 18.9 Å². The van der Waals surface area contributed by atoms with Crippen molar-refractivity contribution in [3.8, 4) is 0 Å². The van der Waals surface area contributed by atoms with Crippen molar-refractivity contribution in [1.82, 2.24) is 15.0 Å². The Balaban J connectivity index is 1.53. The minimum absolute atomic E-state index is 0.196. The van der Waals surface area contributed by atoms with Crippen LogP contribution in [0.1, 0.15) is 12.0 Å². The molecule has 0 saturated carbocycles. The monoisotopic (exact) mass is 565 g/mol. The van der Waals surface area contributed by atoms with E-state index in [1.807, 2.05) is 59.3 Å². The summed E-state index contributed by atoms with van der Waals surface area (Å²) in [6.07, 6.45) is 2.42. The number of likely N-dealkylation sites (N-methyl/N-ethyl adjacent to an activating group) is 1. The Morgan fingerprint density at radius 2 is 1.67 bits per heavy atom. The molecule has 4 rings (SSSR count). The molecule has 0 aliphatic rings. The van der Waals surface area contributed by atoms with Gasteiger partial charge in [0.25, 0.3) is 0 Å². The van der Waals surface area contributed by atoms with Crippen molar-refractivity contribution >= 4 is 56.0 Å². The van der Waals surface area contributed by atoms with E-state index in [1.165, 1.54) is 18.0 Å².